The molecule has 0 bridgehead atoms. The summed E-state index contributed by atoms with van der Waals surface area (Å²) in [7, 11) is -1.70. The molecule has 0 aliphatic carbocycles. The molecule has 0 saturated heterocycles. The van der Waals surface area contributed by atoms with Crippen LogP contribution in [0, 0.1) is 23.7 Å². The summed E-state index contributed by atoms with van der Waals surface area (Å²) >= 11 is 3.26. The summed E-state index contributed by atoms with van der Waals surface area (Å²) in [5.74, 6) is 11.9. The summed E-state index contributed by atoms with van der Waals surface area (Å²) in [5.41, 5.74) is 0. The van der Waals surface area contributed by atoms with E-state index in [1.54, 1.807) is 0 Å². The maximum atomic E-state index is 6.35. The first-order valence-electron chi connectivity index (χ1n) is 7.09. The van der Waals surface area contributed by atoms with Gasteiger partial charge in [-0.25, -0.2) is 0 Å². The average Bonchev–Trinajstić information content (AvgIpc) is 2.34. The minimum atomic E-state index is -1.70. The van der Waals surface area contributed by atoms with Gasteiger partial charge < -0.3 is 4.43 Å². The summed E-state index contributed by atoms with van der Waals surface area (Å²) in [5, 5.41) is 0.952. The van der Waals surface area contributed by atoms with Crippen LogP contribution in [0.25, 0.3) is 0 Å². The molecule has 0 saturated carbocycles. The van der Waals surface area contributed by atoms with Gasteiger partial charge in [0.1, 0.15) is 0 Å². The zero-order valence-corrected chi connectivity index (χ0v) is 16.2. The lowest BCUT2D eigenvalue weighted by Crippen LogP contribution is -2.43. The summed E-state index contributed by atoms with van der Waals surface area (Å²) < 4.78 is 6.35. The molecule has 112 valence electrons. The first-order chi connectivity index (χ1) is 9.24. The molecule has 0 rings (SSSR count). The van der Waals surface area contributed by atoms with Gasteiger partial charge in [-0.05, 0) is 36.7 Å². The van der Waals surface area contributed by atoms with Crippen LogP contribution in [0.2, 0.25) is 18.1 Å². The largest absolute Gasteiger partial charge is 0.411 e. The van der Waals surface area contributed by atoms with Crippen molar-refractivity contribution in [3.63, 3.8) is 0 Å². The lowest BCUT2D eigenvalue weighted by molar-refractivity contribution is 0.221. The minimum absolute atomic E-state index is 0.166. The first-order valence-corrected chi connectivity index (χ1v) is 11.1. The van der Waals surface area contributed by atoms with Crippen LogP contribution in [-0.4, -0.2) is 19.8 Å². The predicted octanol–water partition coefficient (Wildman–Crippen LogP) is 5.13. The maximum Gasteiger partial charge on any atom is 0.192 e. The van der Waals surface area contributed by atoms with Crippen molar-refractivity contribution >= 4 is 24.2 Å². The molecule has 0 radical (unpaired) electrons. The number of hydrogen-bond donors (Lipinski definition) is 0. The molecular formula is C17H27BrOSi. The van der Waals surface area contributed by atoms with Crippen LogP contribution >= 0.6 is 15.9 Å². The van der Waals surface area contributed by atoms with E-state index in [1.807, 2.05) is 6.08 Å². The van der Waals surface area contributed by atoms with Crippen LogP contribution in [0.3, 0.4) is 0 Å². The topological polar surface area (TPSA) is 9.23 Å². The Kier molecular flexibility index (Phi) is 9.22. The van der Waals surface area contributed by atoms with E-state index in [0.29, 0.717) is 11.8 Å². The van der Waals surface area contributed by atoms with Crippen LogP contribution in [-0.2, 0) is 4.43 Å². The van der Waals surface area contributed by atoms with Gasteiger partial charge >= 0.3 is 0 Å². The summed E-state index contributed by atoms with van der Waals surface area (Å²) in [4.78, 5) is 0. The number of hydrogen-bond acceptors (Lipinski definition) is 1. The molecule has 0 aromatic rings. The number of rotatable bonds is 4. The fourth-order valence-corrected chi connectivity index (χ4v) is 2.79. The first kappa shape index (κ1) is 19.5. The second-order valence-corrected chi connectivity index (χ2v) is 11.5. The smallest absolute Gasteiger partial charge is 0.192 e. The van der Waals surface area contributed by atoms with Gasteiger partial charge in [-0.3, -0.25) is 0 Å². The third kappa shape index (κ3) is 7.95. The Bertz CT molecular complexity index is 424. The van der Waals surface area contributed by atoms with Crippen molar-refractivity contribution in [2.45, 2.75) is 64.8 Å². The monoisotopic (exact) mass is 354 g/mol. The molecule has 0 heterocycles. The van der Waals surface area contributed by atoms with Crippen molar-refractivity contribution in [2.24, 2.45) is 0 Å². The second kappa shape index (κ2) is 9.45. The standard InChI is InChI=1S/C17H27BrOSi/c1-7-16(19-20(5,6)17(2,3)4)14-12-10-8-9-11-13-15-18/h12,14,16H,7,9,15H2,1-6H3/b14-12+/t16-/m1/s1. The lowest BCUT2D eigenvalue weighted by Gasteiger charge is -2.38. The van der Waals surface area contributed by atoms with E-state index < -0.39 is 8.32 Å². The molecule has 20 heavy (non-hydrogen) atoms. The lowest BCUT2D eigenvalue weighted by atomic mass is 10.2. The van der Waals surface area contributed by atoms with Gasteiger partial charge in [0, 0.05) is 0 Å². The maximum absolute atomic E-state index is 6.35. The zero-order chi connectivity index (χ0) is 15.6. The third-order valence-electron chi connectivity index (χ3n) is 3.52. The highest BCUT2D eigenvalue weighted by atomic mass is 79.9. The molecule has 0 unspecified atom stereocenters. The molecule has 0 spiro atoms. The Balaban J connectivity index is 4.49. The Morgan fingerprint density at radius 3 is 2.35 bits per heavy atom. The van der Waals surface area contributed by atoms with Gasteiger partial charge in [0.2, 0.25) is 0 Å². The molecule has 0 aromatic carbocycles. The summed E-state index contributed by atoms with van der Waals surface area (Å²) in [6.45, 7) is 13.5. The van der Waals surface area contributed by atoms with Crippen molar-refractivity contribution in [1.29, 1.82) is 0 Å². The van der Waals surface area contributed by atoms with E-state index in [1.165, 1.54) is 0 Å². The molecule has 0 aromatic heterocycles. The Hall–Kier alpha value is -0.483. The van der Waals surface area contributed by atoms with Crippen molar-refractivity contribution in [3.8, 4) is 23.7 Å². The van der Waals surface area contributed by atoms with Gasteiger partial charge in [0.15, 0.2) is 8.32 Å². The highest BCUT2D eigenvalue weighted by molar-refractivity contribution is 9.09. The molecule has 1 nitrogen and oxygen atoms in total. The van der Waals surface area contributed by atoms with E-state index in [2.05, 4.69) is 86.5 Å². The molecule has 0 aliphatic heterocycles. The van der Waals surface area contributed by atoms with Crippen molar-refractivity contribution in [1.82, 2.24) is 0 Å². The number of halogens is 1. The quantitative estimate of drug-likeness (QED) is 0.386. The Morgan fingerprint density at radius 2 is 1.85 bits per heavy atom. The van der Waals surface area contributed by atoms with Crippen LogP contribution in [0.5, 0.6) is 0 Å². The van der Waals surface area contributed by atoms with Crippen LogP contribution < -0.4 is 0 Å². The SMILES string of the molecule is CC[C@H](/C=C/C#CCC#CCBr)O[Si](C)(C)C(C)(C)C. The molecular weight excluding hydrogens is 328 g/mol. The molecule has 0 N–H and O–H groups in total. The van der Waals surface area contributed by atoms with Crippen LogP contribution in [0.4, 0.5) is 0 Å². The molecule has 0 fully saturated rings. The fourth-order valence-electron chi connectivity index (χ4n) is 1.23. The van der Waals surface area contributed by atoms with E-state index in [0.717, 1.165) is 6.42 Å². The molecule has 3 heteroatoms. The van der Waals surface area contributed by atoms with Crippen LogP contribution in [0.15, 0.2) is 12.2 Å². The van der Waals surface area contributed by atoms with E-state index in [4.69, 9.17) is 4.43 Å². The molecule has 1 atom stereocenters. The fraction of sp³-hybridized carbons (Fsp3) is 0.647. The van der Waals surface area contributed by atoms with Gasteiger partial charge in [0.05, 0.1) is 17.9 Å². The zero-order valence-electron chi connectivity index (χ0n) is 13.6. The van der Waals surface area contributed by atoms with Gasteiger partial charge in [-0.2, -0.15) is 0 Å². The second-order valence-electron chi connectivity index (χ2n) is 6.17. The predicted molar refractivity (Wildman–Crippen MR) is 95.5 cm³/mol. The minimum Gasteiger partial charge on any atom is -0.411 e. The number of alkyl halides is 1. The molecule has 0 aliphatic rings. The Labute approximate surface area is 134 Å². The van der Waals surface area contributed by atoms with Crippen molar-refractivity contribution < 1.29 is 4.43 Å². The molecule has 0 amide bonds. The van der Waals surface area contributed by atoms with Gasteiger partial charge in [0.25, 0.3) is 0 Å². The van der Waals surface area contributed by atoms with E-state index in [-0.39, 0.29) is 11.1 Å². The normalized spacial score (nSPS) is 13.3. The highest BCUT2D eigenvalue weighted by Crippen LogP contribution is 2.37. The summed E-state index contributed by atoms with van der Waals surface area (Å²) in [6, 6.07) is 0. The van der Waals surface area contributed by atoms with E-state index >= 15 is 0 Å². The Morgan fingerprint density at radius 1 is 1.20 bits per heavy atom. The van der Waals surface area contributed by atoms with Gasteiger partial charge in [-0.1, -0.05) is 67.3 Å². The summed E-state index contributed by atoms with van der Waals surface area (Å²) in [6.07, 6.45) is 5.74. The van der Waals surface area contributed by atoms with Crippen LogP contribution in [0.1, 0.15) is 40.5 Å². The van der Waals surface area contributed by atoms with Crippen molar-refractivity contribution in [3.05, 3.63) is 12.2 Å². The number of allylic oxidation sites excluding steroid dienone is 1. The average molecular weight is 355 g/mol. The van der Waals surface area contributed by atoms with Gasteiger partial charge in [-0.15, -0.1) is 0 Å². The van der Waals surface area contributed by atoms with E-state index in [9.17, 15) is 0 Å². The van der Waals surface area contributed by atoms with Crippen molar-refractivity contribution in [2.75, 3.05) is 5.33 Å². The third-order valence-corrected chi connectivity index (χ3v) is 8.30. The highest BCUT2D eigenvalue weighted by Gasteiger charge is 2.38.